The summed E-state index contributed by atoms with van der Waals surface area (Å²) in [4.78, 5) is 63.3. The molecule has 1 saturated heterocycles. The Morgan fingerprint density at radius 2 is 1.94 bits per heavy atom. The van der Waals surface area contributed by atoms with E-state index in [-0.39, 0.29) is 17.7 Å². The Hall–Kier alpha value is -3.51. The first-order chi connectivity index (χ1) is 15.7. The molecule has 1 aliphatic heterocycles. The van der Waals surface area contributed by atoms with E-state index < -0.39 is 59.2 Å². The summed E-state index contributed by atoms with van der Waals surface area (Å²) in [6.07, 6.45) is -0.860. The Balaban J connectivity index is 2.01. The Labute approximate surface area is 194 Å². The van der Waals surface area contributed by atoms with Gasteiger partial charge in [-0.25, -0.2) is 9.59 Å². The van der Waals surface area contributed by atoms with Crippen molar-refractivity contribution < 1.29 is 33.7 Å². The van der Waals surface area contributed by atoms with Crippen LogP contribution in [-0.2, 0) is 23.8 Å². The summed E-state index contributed by atoms with van der Waals surface area (Å²) < 4.78 is 18.1. The first kappa shape index (κ1) is 25.1. The standard InChI is InChI=1S/C22H27N3O9/c1-12(26)22(31)9-17(33-16(22)11-32-13(2)27)25-10-14(18(28)23-19(25)29)15-7-6-8-24(15)20(30)34-21(3,4)5/h6-8,10,16-17,31H,9,11H2,1-5H3,(H,23,28,29)/t16-,17-,22-/m1/s1. The first-order valence-corrected chi connectivity index (χ1v) is 10.5. The molecule has 0 spiro atoms. The topological polar surface area (TPSA) is 159 Å². The summed E-state index contributed by atoms with van der Waals surface area (Å²) >= 11 is 0. The number of hydrogen-bond donors (Lipinski definition) is 2. The number of H-pyrrole nitrogens is 1. The van der Waals surface area contributed by atoms with Crippen molar-refractivity contribution in [1.29, 1.82) is 0 Å². The van der Waals surface area contributed by atoms with Crippen molar-refractivity contribution in [3.8, 4) is 11.3 Å². The van der Waals surface area contributed by atoms with Gasteiger partial charge < -0.3 is 19.3 Å². The quantitative estimate of drug-likeness (QED) is 0.598. The molecule has 12 nitrogen and oxygen atoms in total. The van der Waals surface area contributed by atoms with E-state index in [1.807, 2.05) is 0 Å². The highest BCUT2D eigenvalue weighted by atomic mass is 16.6. The molecule has 0 aromatic carbocycles. The van der Waals surface area contributed by atoms with Gasteiger partial charge in [0.2, 0.25) is 0 Å². The van der Waals surface area contributed by atoms with Gasteiger partial charge >= 0.3 is 17.8 Å². The number of hydrogen-bond acceptors (Lipinski definition) is 9. The molecule has 2 aromatic rings. The molecule has 1 fully saturated rings. The van der Waals surface area contributed by atoms with E-state index in [0.29, 0.717) is 0 Å². The minimum atomic E-state index is -2.02. The molecule has 3 rings (SSSR count). The van der Waals surface area contributed by atoms with Crippen LogP contribution in [0.4, 0.5) is 4.79 Å². The molecule has 0 saturated carbocycles. The SMILES string of the molecule is CC(=O)OC[C@H]1O[C@@H](n2cc(-c3cccn3C(=O)OC(C)(C)C)c(=O)[nH]c2=O)C[C@@]1(O)C(C)=O. The van der Waals surface area contributed by atoms with E-state index in [0.717, 1.165) is 23.0 Å². The second-order valence-corrected chi connectivity index (χ2v) is 9.02. The third-order valence-electron chi connectivity index (χ3n) is 5.28. The number of ether oxygens (including phenoxy) is 3. The zero-order chi connectivity index (χ0) is 25.4. The number of carbonyl (C=O) groups is 3. The van der Waals surface area contributed by atoms with Gasteiger partial charge in [-0.1, -0.05) is 0 Å². The van der Waals surface area contributed by atoms with E-state index in [1.54, 1.807) is 20.8 Å². The third kappa shape index (κ3) is 5.02. The van der Waals surface area contributed by atoms with Crippen LogP contribution in [0.2, 0.25) is 0 Å². The maximum Gasteiger partial charge on any atom is 0.418 e. The average Bonchev–Trinajstić information content (AvgIpc) is 3.30. The van der Waals surface area contributed by atoms with Crippen LogP contribution in [0, 0.1) is 0 Å². The molecule has 0 radical (unpaired) electrons. The van der Waals surface area contributed by atoms with Gasteiger partial charge in [0, 0.05) is 25.7 Å². The predicted molar refractivity (Wildman–Crippen MR) is 117 cm³/mol. The molecule has 0 amide bonds. The van der Waals surface area contributed by atoms with Crippen LogP contribution >= 0.6 is 0 Å². The maximum absolute atomic E-state index is 12.6. The summed E-state index contributed by atoms with van der Waals surface area (Å²) in [6, 6.07) is 3.03. The number of Topliss-reactive ketones (excluding diaryl/α,β-unsaturated/α-hetero) is 1. The Kier molecular flexibility index (Phi) is 6.67. The molecule has 12 heteroatoms. The molecule has 34 heavy (non-hydrogen) atoms. The van der Waals surface area contributed by atoms with Crippen LogP contribution < -0.4 is 11.2 Å². The van der Waals surface area contributed by atoms with Crippen molar-refractivity contribution in [3.05, 3.63) is 45.4 Å². The van der Waals surface area contributed by atoms with Crippen molar-refractivity contribution in [2.75, 3.05) is 6.61 Å². The van der Waals surface area contributed by atoms with Crippen LogP contribution in [0.3, 0.4) is 0 Å². The molecule has 3 atom stereocenters. The van der Waals surface area contributed by atoms with E-state index in [9.17, 15) is 29.1 Å². The summed E-state index contributed by atoms with van der Waals surface area (Å²) in [5.74, 6) is -1.27. The molecule has 3 heterocycles. The lowest BCUT2D eigenvalue weighted by molar-refractivity contribution is -0.157. The van der Waals surface area contributed by atoms with Gasteiger partial charge in [0.25, 0.3) is 5.56 Å². The largest absolute Gasteiger partial charge is 0.463 e. The van der Waals surface area contributed by atoms with Crippen LogP contribution in [0.1, 0.15) is 47.3 Å². The van der Waals surface area contributed by atoms with E-state index >= 15 is 0 Å². The smallest absolute Gasteiger partial charge is 0.418 e. The lowest BCUT2D eigenvalue weighted by atomic mass is 9.91. The van der Waals surface area contributed by atoms with Crippen LogP contribution in [0.15, 0.2) is 34.1 Å². The number of rotatable bonds is 5. The Bertz CT molecular complexity index is 1230. The predicted octanol–water partition coefficient (Wildman–Crippen LogP) is 0.959. The second kappa shape index (κ2) is 9.03. The fraction of sp³-hybridized carbons (Fsp3) is 0.500. The summed E-state index contributed by atoms with van der Waals surface area (Å²) in [7, 11) is 0. The van der Waals surface area contributed by atoms with Crippen molar-refractivity contribution in [1.82, 2.24) is 14.1 Å². The zero-order valence-electron chi connectivity index (χ0n) is 19.5. The zero-order valence-corrected chi connectivity index (χ0v) is 19.5. The molecule has 0 bridgehead atoms. The fourth-order valence-electron chi connectivity index (χ4n) is 3.60. The number of nitrogens with one attached hydrogen (secondary N) is 1. The molecule has 2 N–H and O–H groups in total. The van der Waals surface area contributed by atoms with Gasteiger partial charge in [0.1, 0.15) is 24.5 Å². The van der Waals surface area contributed by atoms with Crippen LogP contribution in [0.5, 0.6) is 0 Å². The fourth-order valence-corrected chi connectivity index (χ4v) is 3.60. The lowest BCUT2D eigenvalue weighted by Gasteiger charge is -2.24. The molecular formula is C22H27N3O9. The van der Waals surface area contributed by atoms with E-state index in [1.165, 1.54) is 24.5 Å². The maximum atomic E-state index is 12.6. The number of aromatic amines is 1. The molecule has 1 aliphatic rings. The number of carbonyl (C=O) groups excluding carboxylic acids is 3. The lowest BCUT2D eigenvalue weighted by Crippen LogP contribution is -2.47. The highest BCUT2D eigenvalue weighted by molar-refractivity contribution is 5.86. The normalized spacial score (nSPS) is 22.4. The molecule has 2 aromatic heterocycles. The van der Waals surface area contributed by atoms with E-state index in [4.69, 9.17) is 14.2 Å². The second-order valence-electron chi connectivity index (χ2n) is 9.02. The summed E-state index contributed by atoms with van der Waals surface area (Å²) in [5.41, 5.74) is -4.31. The molecular weight excluding hydrogens is 450 g/mol. The van der Waals surface area contributed by atoms with Gasteiger partial charge in [-0.2, -0.15) is 0 Å². The number of esters is 1. The van der Waals surface area contributed by atoms with E-state index in [2.05, 4.69) is 4.98 Å². The monoisotopic (exact) mass is 477 g/mol. The van der Waals surface area contributed by atoms with Crippen molar-refractivity contribution in [3.63, 3.8) is 0 Å². The summed E-state index contributed by atoms with van der Waals surface area (Å²) in [6.45, 7) is 7.00. The molecule has 184 valence electrons. The Morgan fingerprint density at radius 1 is 1.26 bits per heavy atom. The number of aromatic nitrogens is 3. The van der Waals surface area contributed by atoms with Gasteiger partial charge in [0.05, 0.1) is 11.3 Å². The molecule has 0 unspecified atom stereocenters. The highest BCUT2D eigenvalue weighted by Crippen LogP contribution is 2.37. The third-order valence-corrected chi connectivity index (χ3v) is 5.28. The number of aliphatic hydroxyl groups is 1. The van der Waals surface area contributed by atoms with Gasteiger partial charge in [-0.15, -0.1) is 0 Å². The van der Waals surface area contributed by atoms with Crippen LogP contribution in [0.25, 0.3) is 11.3 Å². The first-order valence-electron chi connectivity index (χ1n) is 10.5. The minimum absolute atomic E-state index is 0.0474. The van der Waals surface area contributed by atoms with Crippen molar-refractivity contribution >= 4 is 17.8 Å². The number of ketones is 1. The number of nitrogens with zero attached hydrogens (tertiary/aromatic N) is 2. The van der Waals surface area contributed by atoms with Crippen molar-refractivity contribution in [2.24, 2.45) is 0 Å². The summed E-state index contributed by atoms with van der Waals surface area (Å²) in [5, 5.41) is 10.9. The Morgan fingerprint density at radius 3 is 2.53 bits per heavy atom. The van der Waals surface area contributed by atoms with Gasteiger partial charge in [-0.3, -0.25) is 28.5 Å². The molecule has 0 aliphatic carbocycles. The van der Waals surface area contributed by atoms with Crippen LogP contribution in [-0.4, -0.2) is 61.0 Å². The van der Waals surface area contributed by atoms with Gasteiger partial charge in [-0.05, 0) is 39.8 Å². The highest BCUT2D eigenvalue weighted by Gasteiger charge is 2.52. The van der Waals surface area contributed by atoms with Crippen molar-refractivity contribution in [2.45, 2.75) is 64.6 Å². The van der Waals surface area contributed by atoms with Gasteiger partial charge in [0.15, 0.2) is 11.4 Å². The average molecular weight is 477 g/mol. The minimum Gasteiger partial charge on any atom is -0.463 e.